The Labute approximate surface area is 82.8 Å². The lowest BCUT2D eigenvalue weighted by Gasteiger charge is -2.11. The van der Waals surface area contributed by atoms with Crippen molar-refractivity contribution in [3.63, 3.8) is 0 Å². The summed E-state index contributed by atoms with van der Waals surface area (Å²) in [5.41, 5.74) is 2.66. The molecule has 1 aromatic carbocycles. The van der Waals surface area contributed by atoms with Gasteiger partial charge < -0.3 is 5.11 Å². The van der Waals surface area contributed by atoms with Crippen molar-refractivity contribution in [2.75, 3.05) is 0 Å². The van der Waals surface area contributed by atoms with Gasteiger partial charge in [0, 0.05) is 10.5 Å². The molecule has 12 heavy (non-hydrogen) atoms. The molecule has 0 heterocycles. The van der Waals surface area contributed by atoms with Crippen molar-refractivity contribution in [2.24, 2.45) is 0 Å². The van der Waals surface area contributed by atoms with Gasteiger partial charge in [-0.3, -0.25) is 0 Å². The van der Waals surface area contributed by atoms with Crippen molar-refractivity contribution >= 4 is 24.2 Å². The summed E-state index contributed by atoms with van der Waals surface area (Å²) in [4.78, 5) is 0.814. The number of phenols is 1. The summed E-state index contributed by atoms with van der Waals surface area (Å²) >= 11 is 10.2. The smallest absolute Gasteiger partial charge is 0.138 e. The van der Waals surface area contributed by atoms with Gasteiger partial charge in [-0.1, -0.05) is 11.6 Å². The van der Waals surface area contributed by atoms with Crippen LogP contribution in [0.25, 0.3) is 0 Å². The summed E-state index contributed by atoms with van der Waals surface area (Å²) in [6.07, 6.45) is 0. The highest BCUT2D eigenvalue weighted by Gasteiger charge is 2.12. The van der Waals surface area contributed by atoms with E-state index in [2.05, 4.69) is 12.6 Å². The molecule has 0 saturated heterocycles. The second-order valence-corrected chi connectivity index (χ2v) is 3.71. The predicted molar refractivity (Wildman–Crippen MR) is 54.6 cm³/mol. The maximum Gasteiger partial charge on any atom is 0.138 e. The minimum absolute atomic E-state index is 0.143. The third-order valence-electron chi connectivity index (χ3n) is 2.17. The topological polar surface area (TPSA) is 20.2 Å². The normalized spacial score (nSPS) is 10.4. The molecule has 0 fully saturated rings. The molecule has 3 heteroatoms. The van der Waals surface area contributed by atoms with E-state index in [1.807, 2.05) is 13.8 Å². The van der Waals surface area contributed by atoms with Gasteiger partial charge in [-0.15, -0.1) is 12.6 Å². The summed E-state index contributed by atoms with van der Waals surface area (Å²) in [5, 5.41) is 9.94. The van der Waals surface area contributed by atoms with E-state index in [1.165, 1.54) is 0 Å². The largest absolute Gasteiger partial charge is 0.506 e. The van der Waals surface area contributed by atoms with Crippen molar-refractivity contribution in [3.05, 3.63) is 21.7 Å². The van der Waals surface area contributed by atoms with Gasteiger partial charge in [0.05, 0.1) is 5.02 Å². The third kappa shape index (κ3) is 1.29. The molecule has 0 unspecified atom stereocenters. The highest BCUT2D eigenvalue weighted by Crippen LogP contribution is 2.37. The second kappa shape index (κ2) is 3.19. The number of thiol groups is 1. The minimum atomic E-state index is 0.143. The van der Waals surface area contributed by atoms with E-state index in [4.69, 9.17) is 11.6 Å². The Balaban J connectivity index is 3.60. The second-order valence-electron chi connectivity index (χ2n) is 2.89. The molecule has 66 valence electrons. The van der Waals surface area contributed by atoms with Crippen LogP contribution in [-0.2, 0) is 0 Å². The molecule has 0 spiro atoms. The van der Waals surface area contributed by atoms with Gasteiger partial charge >= 0.3 is 0 Å². The van der Waals surface area contributed by atoms with Crippen molar-refractivity contribution in [3.8, 4) is 5.75 Å². The Morgan fingerprint density at radius 3 is 2.08 bits per heavy atom. The number of hydrogen-bond acceptors (Lipinski definition) is 2. The molecule has 0 amide bonds. The zero-order valence-electron chi connectivity index (χ0n) is 7.27. The monoisotopic (exact) mass is 202 g/mol. The van der Waals surface area contributed by atoms with Crippen LogP contribution in [0, 0.1) is 20.8 Å². The van der Waals surface area contributed by atoms with E-state index < -0.39 is 0 Å². The molecule has 0 aliphatic rings. The van der Waals surface area contributed by atoms with Crippen LogP contribution in [0.1, 0.15) is 16.7 Å². The first-order chi connectivity index (χ1) is 5.46. The van der Waals surface area contributed by atoms with Crippen molar-refractivity contribution in [2.45, 2.75) is 25.7 Å². The van der Waals surface area contributed by atoms with Gasteiger partial charge in [0.15, 0.2) is 0 Å². The van der Waals surface area contributed by atoms with Crippen LogP contribution in [0.4, 0.5) is 0 Å². The van der Waals surface area contributed by atoms with Crippen molar-refractivity contribution in [1.82, 2.24) is 0 Å². The van der Waals surface area contributed by atoms with Gasteiger partial charge in [-0.05, 0) is 31.9 Å². The Kier molecular flexibility index (Phi) is 2.59. The lowest BCUT2D eigenvalue weighted by Crippen LogP contribution is -1.90. The lowest BCUT2D eigenvalue weighted by atomic mass is 10.1. The Bertz CT molecular complexity index is 229. The molecule has 1 rings (SSSR count). The first kappa shape index (κ1) is 9.75. The molecule has 0 atom stereocenters. The Morgan fingerprint density at radius 2 is 1.58 bits per heavy atom. The van der Waals surface area contributed by atoms with E-state index in [-0.39, 0.29) is 5.75 Å². The standard InChI is InChI=1S/C9H11ClOS/c1-4-5(2)9(12)6(3)8(11)7(4)10/h11-12H,1-3H3. The number of halogens is 1. The highest BCUT2D eigenvalue weighted by molar-refractivity contribution is 7.80. The van der Waals surface area contributed by atoms with Gasteiger partial charge in [0.2, 0.25) is 0 Å². The minimum Gasteiger partial charge on any atom is -0.506 e. The lowest BCUT2D eigenvalue weighted by molar-refractivity contribution is 0.468. The molecule has 0 bridgehead atoms. The molecule has 1 aromatic rings. The van der Waals surface area contributed by atoms with E-state index in [1.54, 1.807) is 6.92 Å². The number of hydrogen-bond donors (Lipinski definition) is 2. The summed E-state index contributed by atoms with van der Waals surface area (Å²) in [7, 11) is 0. The molecule has 0 aliphatic carbocycles. The van der Waals surface area contributed by atoms with Crippen LogP contribution in [-0.4, -0.2) is 5.11 Å². The Hall–Kier alpha value is -0.340. The predicted octanol–water partition coefficient (Wildman–Crippen LogP) is 3.26. The summed E-state index contributed by atoms with van der Waals surface area (Å²) < 4.78 is 0. The van der Waals surface area contributed by atoms with E-state index in [0.29, 0.717) is 5.02 Å². The fourth-order valence-corrected chi connectivity index (χ4v) is 1.63. The van der Waals surface area contributed by atoms with Crippen LogP contribution >= 0.6 is 24.2 Å². The third-order valence-corrected chi connectivity index (χ3v) is 3.30. The number of rotatable bonds is 0. The number of phenolic OH excluding ortho intramolecular Hbond substituents is 1. The molecular formula is C9H11ClOS. The van der Waals surface area contributed by atoms with E-state index in [9.17, 15) is 5.11 Å². The average Bonchev–Trinajstić information content (AvgIpc) is 2.08. The first-order valence-electron chi connectivity index (χ1n) is 3.64. The summed E-state index contributed by atoms with van der Waals surface area (Å²) in [5.74, 6) is 0.143. The molecule has 0 radical (unpaired) electrons. The van der Waals surface area contributed by atoms with Crippen LogP contribution < -0.4 is 0 Å². The summed E-state index contributed by atoms with van der Waals surface area (Å²) in [6.45, 7) is 5.61. The molecule has 1 nitrogen and oxygen atoms in total. The molecular weight excluding hydrogens is 192 g/mol. The zero-order chi connectivity index (χ0) is 9.46. The van der Waals surface area contributed by atoms with Crippen LogP contribution in [0.15, 0.2) is 4.90 Å². The molecule has 0 saturated carbocycles. The van der Waals surface area contributed by atoms with Gasteiger partial charge in [-0.2, -0.15) is 0 Å². The average molecular weight is 203 g/mol. The van der Waals surface area contributed by atoms with Crippen LogP contribution in [0.3, 0.4) is 0 Å². The number of aromatic hydroxyl groups is 1. The van der Waals surface area contributed by atoms with Gasteiger partial charge in [-0.25, -0.2) is 0 Å². The number of benzene rings is 1. The summed E-state index contributed by atoms with van der Waals surface area (Å²) in [6, 6.07) is 0. The maximum atomic E-state index is 9.51. The van der Waals surface area contributed by atoms with Crippen LogP contribution in [0.2, 0.25) is 5.02 Å². The highest BCUT2D eigenvalue weighted by atomic mass is 35.5. The van der Waals surface area contributed by atoms with Crippen molar-refractivity contribution in [1.29, 1.82) is 0 Å². The SMILES string of the molecule is Cc1c(C)c(Cl)c(O)c(C)c1S. The maximum absolute atomic E-state index is 9.51. The fraction of sp³-hybridized carbons (Fsp3) is 0.333. The van der Waals surface area contributed by atoms with Gasteiger partial charge in [0.1, 0.15) is 5.75 Å². The molecule has 0 aromatic heterocycles. The zero-order valence-corrected chi connectivity index (χ0v) is 8.92. The van der Waals surface area contributed by atoms with E-state index in [0.717, 1.165) is 21.6 Å². The fourth-order valence-electron chi connectivity index (χ4n) is 1.08. The van der Waals surface area contributed by atoms with Crippen molar-refractivity contribution < 1.29 is 5.11 Å². The molecule has 1 N–H and O–H groups in total. The molecule has 0 aliphatic heterocycles. The van der Waals surface area contributed by atoms with E-state index >= 15 is 0 Å². The first-order valence-corrected chi connectivity index (χ1v) is 4.46. The Morgan fingerprint density at radius 1 is 1.08 bits per heavy atom. The quantitative estimate of drug-likeness (QED) is 0.619. The van der Waals surface area contributed by atoms with Gasteiger partial charge in [0.25, 0.3) is 0 Å². The van der Waals surface area contributed by atoms with Crippen LogP contribution in [0.5, 0.6) is 5.75 Å².